The second kappa shape index (κ2) is 8.83. The maximum Gasteiger partial charge on any atom is 0.185 e. The fourth-order valence-electron chi connectivity index (χ4n) is 2.09. The van der Waals surface area contributed by atoms with Crippen molar-refractivity contribution in [1.29, 1.82) is 0 Å². The number of hydrogen-bond donors (Lipinski definition) is 0. The molecule has 0 aliphatic rings. The fraction of sp³-hybridized carbons (Fsp3) is 0.190. The Labute approximate surface area is 147 Å². The Morgan fingerprint density at radius 3 is 2.44 bits per heavy atom. The highest BCUT2D eigenvalue weighted by Crippen LogP contribution is 2.28. The van der Waals surface area contributed by atoms with Crippen LogP contribution in [0, 0.1) is 5.82 Å². The van der Waals surface area contributed by atoms with Crippen molar-refractivity contribution >= 4 is 11.9 Å². The highest BCUT2D eigenvalue weighted by molar-refractivity contribution is 6.06. The third kappa shape index (κ3) is 5.60. The molecule has 0 unspecified atom stereocenters. The molecule has 0 heterocycles. The number of carbonyl (C=O) groups is 1. The summed E-state index contributed by atoms with van der Waals surface area (Å²) in [7, 11) is 1.57. The van der Waals surface area contributed by atoms with Gasteiger partial charge in [0.05, 0.1) is 7.11 Å². The van der Waals surface area contributed by atoms with Gasteiger partial charge in [-0.3, -0.25) is 4.79 Å². The molecule has 0 saturated heterocycles. The average molecular weight is 340 g/mol. The molecule has 0 radical (unpaired) electrons. The molecule has 2 aromatic carbocycles. The van der Waals surface area contributed by atoms with E-state index in [-0.39, 0.29) is 11.6 Å². The van der Waals surface area contributed by atoms with E-state index in [4.69, 9.17) is 9.47 Å². The van der Waals surface area contributed by atoms with Crippen LogP contribution in [0.15, 0.2) is 60.2 Å². The zero-order valence-electron chi connectivity index (χ0n) is 14.6. The number of ether oxygens (including phenoxy) is 2. The van der Waals surface area contributed by atoms with Crippen LogP contribution in [-0.4, -0.2) is 19.5 Å². The van der Waals surface area contributed by atoms with Gasteiger partial charge in [-0.15, -0.1) is 0 Å². The molecule has 3 nitrogen and oxygen atoms in total. The Morgan fingerprint density at radius 2 is 1.80 bits per heavy atom. The van der Waals surface area contributed by atoms with Crippen molar-refractivity contribution in [1.82, 2.24) is 0 Å². The van der Waals surface area contributed by atoms with Crippen molar-refractivity contribution < 1.29 is 18.7 Å². The monoisotopic (exact) mass is 340 g/mol. The van der Waals surface area contributed by atoms with E-state index in [2.05, 4.69) is 0 Å². The van der Waals surface area contributed by atoms with E-state index in [9.17, 15) is 9.18 Å². The van der Waals surface area contributed by atoms with Crippen molar-refractivity contribution in [3.8, 4) is 11.5 Å². The van der Waals surface area contributed by atoms with Crippen molar-refractivity contribution in [2.45, 2.75) is 13.8 Å². The summed E-state index contributed by atoms with van der Waals surface area (Å²) in [6.45, 7) is 4.48. The van der Waals surface area contributed by atoms with Gasteiger partial charge in [0.15, 0.2) is 17.3 Å². The number of carbonyl (C=O) groups excluding carboxylic acids is 1. The van der Waals surface area contributed by atoms with E-state index in [1.165, 1.54) is 35.9 Å². The quantitative estimate of drug-likeness (QED) is 0.401. The van der Waals surface area contributed by atoms with Crippen molar-refractivity contribution in [3.63, 3.8) is 0 Å². The van der Waals surface area contributed by atoms with Crippen molar-refractivity contribution in [2.75, 3.05) is 13.7 Å². The van der Waals surface area contributed by atoms with E-state index in [1.54, 1.807) is 25.3 Å². The van der Waals surface area contributed by atoms with Gasteiger partial charge in [-0.05, 0) is 68.0 Å². The Balaban J connectivity index is 2.10. The van der Waals surface area contributed by atoms with Crippen LogP contribution >= 0.6 is 0 Å². The molecular weight excluding hydrogens is 319 g/mol. The van der Waals surface area contributed by atoms with Crippen LogP contribution in [0.5, 0.6) is 11.5 Å². The summed E-state index contributed by atoms with van der Waals surface area (Å²) in [5.74, 6) is 0.678. The summed E-state index contributed by atoms with van der Waals surface area (Å²) in [6.07, 6.45) is 5.12. The maximum absolute atomic E-state index is 12.9. The average Bonchev–Trinajstić information content (AvgIpc) is 2.60. The molecule has 0 amide bonds. The number of ketones is 1. The first-order chi connectivity index (χ1) is 12.0. The lowest BCUT2D eigenvalue weighted by molar-refractivity contribution is 0.104. The van der Waals surface area contributed by atoms with Gasteiger partial charge in [0.25, 0.3) is 0 Å². The molecule has 0 spiro atoms. The minimum absolute atomic E-state index is 0.192. The van der Waals surface area contributed by atoms with Crippen molar-refractivity contribution in [2.24, 2.45) is 0 Å². The minimum atomic E-state index is -0.367. The van der Waals surface area contributed by atoms with Gasteiger partial charge in [-0.1, -0.05) is 17.7 Å². The molecule has 0 saturated carbocycles. The Kier molecular flexibility index (Phi) is 6.52. The SMILES string of the molecule is COc1cc(/C=C/C(=O)c2ccc(F)cc2)ccc1OCC=C(C)C. The first kappa shape index (κ1) is 18.5. The molecule has 0 aliphatic carbocycles. The lowest BCUT2D eigenvalue weighted by atomic mass is 10.1. The first-order valence-corrected chi connectivity index (χ1v) is 7.92. The minimum Gasteiger partial charge on any atom is -0.493 e. The molecule has 2 aromatic rings. The number of methoxy groups -OCH3 is 1. The fourth-order valence-corrected chi connectivity index (χ4v) is 2.09. The predicted octanol–water partition coefficient (Wildman–Crippen LogP) is 5.08. The zero-order chi connectivity index (χ0) is 18.2. The number of allylic oxidation sites excluding steroid dienone is 2. The van der Waals surface area contributed by atoms with E-state index < -0.39 is 0 Å². The maximum atomic E-state index is 12.9. The van der Waals surface area contributed by atoms with Crippen LogP contribution in [0.25, 0.3) is 6.08 Å². The normalized spacial score (nSPS) is 10.6. The van der Waals surface area contributed by atoms with E-state index in [0.29, 0.717) is 23.7 Å². The highest BCUT2D eigenvalue weighted by Gasteiger charge is 2.05. The van der Waals surface area contributed by atoms with Crippen molar-refractivity contribution in [3.05, 3.63) is 77.1 Å². The van der Waals surface area contributed by atoms with Crippen LogP contribution in [0.1, 0.15) is 29.8 Å². The van der Waals surface area contributed by atoms with E-state index in [1.807, 2.05) is 26.0 Å². The van der Waals surface area contributed by atoms with E-state index >= 15 is 0 Å². The smallest absolute Gasteiger partial charge is 0.185 e. The second-order valence-corrected chi connectivity index (χ2v) is 5.71. The number of rotatable bonds is 7. The van der Waals surface area contributed by atoms with Gasteiger partial charge < -0.3 is 9.47 Å². The number of hydrogen-bond acceptors (Lipinski definition) is 3. The second-order valence-electron chi connectivity index (χ2n) is 5.71. The van der Waals surface area contributed by atoms with Crippen LogP contribution in [0.2, 0.25) is 0 Å². The van der Waals surface area contributed by atoms with E-state index in [0.717, 1.165) is 5.56 Å². The van der Waals surface area contributed by atoms with Gasteiger partial charge in [0.1, 0.15) is 12.4 Å². The lowest BCUT2D eigenvalue weighted by Gasteiger charge is -2.10. The summed E-state index contributed by atoms with van der Waals surface area (Å²) in [5, 5.41) is 0. The number of benzene rings is 2. The summed E-state index contributed by atoms with van der Waals surface area (Å²) in [5.41, 5.74) is 2.42. The van der Waals surface area contributed by atoms with Crippen LogP contribution in [0.4, 0.5) is 4.39 Å². The van der Waals surface area contributed by atoms with Crippen LogP contribution in [0.3, 0.4) is 0 Å². The Morgan fingerprint density at radius 1 is 1.08 bits per heavy atom. The molecule has 0 aliphatic heterocycles. The Hall–Kier alpha value is -2.88. The molecule has 25 heavy (non-hydrogen) atoms. The van der Waals surface area contributed by atoms with Gasteiger partial charge in [0.2, 0.25) is 0 Å². The zero-order valence-corrected chi connectivity index (χ0v) is 14.6. The van der Waals surface area contributed by atoms with Crippen LogP contribution in [-0.2, 0) is 0 Å². The summed E-state index contributed by atoms with van der Waals surface area (Å²) >= 11 is 0. The van der Waals surface area contributed by atoms with Gasteiger partial charge in [-0.2, -0.15) is 0 Å². The first-order valence-electron chi connectivity index (χ1n) is 7.92. The molecule has 2 rings (SSSR count). The summed E-state index contributed by atoms with van der Waals surface area (Å²) < 4.78 is 23.9. The molecule has 0 aromatic heterocycles. The topological polar surface area (TPSA) is 35.5 Å². The molecule has 0 bridgehead atoms. The third-order valence-corrected chi connectivity index (χ3v) is 3.47. The Bertz CT molecular complexity index is 785. The van der Waals surface area contributed by atoms with Gasteiger partial charge in [0, 0.05) is 5.56 Å². The molecule has 0 N–H and O–H groups in total. The number of halogens is 1. The summed E-state index contributed by atoms with van der Waals surface area (Å²) in [6, 6.07) is 10.9. The van der Waals surface area contributed by atoms with Gasteiger partial charge in [-0.25, -0.2) is 4.39 Å². The molecular formula is C21H21FO3. The standard InChI is InChI=1S/C21H21FO3/c1-15(2)12-13-25-20-11-5-16(14-21(20)24-3)4-10-19(23)17-6-8-18(22)9-7-17/h4-12,14H,13H2,1-3H3/b10-4+. The molecule has 4 heteroatoms. The largest absolute Gasteiger partial charge is 0.493 e. The summed E-state index contributed by atoms with van der Waals surface area (Å²) in [4.78, 5) is 12.1. The highest BCUT2D eigenvalue weighted by atomic mass is 19.1. The van der Waals surface area contributed by atoms with Gasteiger partial charge >= 0.3 is 0 Å². The molecule has 130 valence electrons. The molecule has 0 fully saturated rings. The molecule has 0 atom stereocenters. The third-order valence-electron chi connectivity index (χ3n) is 3.47. The lowest BCUT2D eigenvalue weighted by Crippen LogP contribution is -1.97. The van der Waals surface area contributed by atoms with Crippen LogP contribution < -0.4 is 9.47 Å². The predicted molar refractivity (Wildman–Crippen MR) is 97.7 cm³/mol.